The molecule has 0 bridgehead atoms. The maximum Gasteiger partial charge on any atom is 0.244 e. The molecule has 1 aliphatic heterocycles. The van der Waals surface area contributed by atoms with E-state index in [4.69, 9.17) is 0 Å². The molecule has 21 heavy (non-hydrogen) atoms. The normalized spacial score (nSPS) is 23.2. The Morgan fingerprint density at radius 2 is 1.86 bits per heavy atom. The lowest BCUT2D eigenvalue weighted by molar-refractivity contribution is 0.387. The van der Waals surface area contributed by atoms with Crippen molar-refractivity contribution in [2.24, 2.45) is 0 Å². The van der Waals surface area contributed by atoms with Crippen LogP contribution in [0.3, 0.4) is 0 Å². The molecule has 1 heterocycles. The van der Waals surface area contributed by atoms with Crippen LogP contribution >= 0.6 is 0 Å². The molecule has 0 unspecified atom stereocenters. The molecule has 114 valence electrons. The Hall–Kier alpha value is -1.39. The highest BCUT2D eigenvalue weighted by Crippen LogP contribution is 2.27. The van der Waals surface area contributed by atoms with Crippen molar-refractivity contribution in [1.82, 2.24) is 4.31 Å². The van der Waals surface area contributed by atoms with Gasteiger partial charge in [0.1, 0.15) is 0 Å². The SMILES string of the molecule is CCC/C=C/[C@@H]1C=C[C@@H](C)N1S(=O)(=O)c1ccc(C)cc1. The Labute approximate surface area is 128 Å². The fraction of sp³-hybridized carbons (Fsp3) is 0.412. The van der Waals surface area contributed by atoms with Crippen LogP contribution in [-0.2, 0) is 10.0 Å². The van der Waals surface area contributed by atoms with E-state index in [9.17, 15) is 8.42 Å². The summed E-state index contributed by atoms with van der Waals surface area (Å²) in [5.74, 6) is 0. The summed E-state index contributed by atoms with van der Waals surface area (Å²) in [6.07, 6.45) is 9.99. The molecule has 3 nitrogen and oxygen atoms in total. The van der Waals surface area contributed by atoms with E-state index in [0.717, 1.165) is 18.4 Å². The largest absolute Gasteiger partial charge is 0.244 e. The number of benzene rings is 1. The summed E-state index contributed by atoms with van der Waals surface area (Å²) in [4.78, 5) is 0.359. The van der Waals surface area contributed by atoms with Gasteiger partial charge in [-0.25, -0.2) is 8.42 Å². The Morgan fingerprint density at radius 1 is 1.19 bits per heavy atom. The van der Waals surface area contributed by atoms with Crippen LogP contribution in [0.25, 0.3) is 0 Å². The third kappa shape index (κ3) is 3.44. The monoisotopic (exact) mass is 305 g/mol. The highest BCUT2D eigenvalue weighted by atomic mass is 32.2. The molecular weight excluding hydrogens is 282 g/mol. The zero-order valence-electron chi connectivity index (χ0n) is 12.9. The van der Waals surface area contributed by atoms with E-state index in [0.29, 0.717) is 4.90 Å². The van der Waals surface area contributed by atoms with Crippen molar-refractivity contribution in [1.29, 1.82) is 0 Å². The second-order valence-electron chi connectivity index (χ2n) is 5.48. The van der Waals surface area contributed by atoms with Crippen molar-refractivity contribution in [3.05, 3.63) is 54.1 Å². The Bertz CT molecular complexity index is 629. The number of allylic oxidation sites excluding steroid dienone is 1. The highest BCUT2D eigenvalue weighted by molar-refractivity contribution is 7.89. The molecule has 0 fully saturated rings. The summed E-state index contributed by atoms with van der Waals surface area (Å²) in [6.45, 7) is 5.97. The standard InChI is InChI=1S/C17H23NO2S/c1-4-5-6-7-16-11-10-15(3)18(16)21(19,20)17-12-8-14(2)9-13-17/h6-13,15-16H,4-5H2,1-3H3/b7-6+/t15-,16-/m1/s1. The van der Waals surface area contributed by atoms with E-state index in [1.807, 2.05) is 44.2 Å². The lowest BCUT2D eigenvalue weighted by atomic mass is 10.2. The summed E-state index contributed by atoms with van der Waals surface area (Å²) in [6, 6.07) is 6.74. The number of unbranched alkanes of at least 4 members (excludes halogenated alkanes) is 1. The molecule has 1 aromatic carbocycles. The van der Waals surface area contributed by atoms with Crippen LogP contribution in [0.4, 0.5) is 0 Å². The number of hydrogen-bond acceptors (Lipinski definition) is 2. The van der Waals surface area contributed by atoms with Gasteiger partial charge in [-0.3, -0.25) is 0 Å². The average Bonchev–Trinajstić information content (AvgIpc) is 2.81. The van der Waals surface area contributed by atoms with E-state index >= 15 is 0 Å². The van der Waals surface area contributed by atoms with Gasteiger partial charge < -0.3 is 0 Å². The minimum absolute atomic E-state index is 0.118. The van der Waals surface area contributed by atoms with Gasteiger partial charge in [0.05, 0.1) is 10.9 Å². The summed E-state index contributed by atoms with van der Waals surface area (Å²) >= 11 is 0. The molecule has 2 atom stereocenters. The first kappa shape index (κ1) is 16.0. The van der Waals surface area contributed by atoms with Crippen molar-refractivity contribution in [3.63, 3.8) is 0 Å². The predicted octanol–water partition coefficient (Wildman–Crippen LogP) is 3.67. The second kappa shape index (κ2) is 6.58. The molecule has 0 amide bonds. The summed E-state index contributed by atoms with van der Waals surface area (Å²) < 4.78 is 27.3. The van der Waals surface area contributed by atoms with Crippen molar-refractivity contribution in [2.45, 2.75) is 50.6 Å². The fourth-order valence-corrected chi connectivity index (χ4v) is 4.17. The van der Waals surface area contributed by atoms with Crippen LogP contribution in [0.5, 0.6) is 0 Å². The van der Waals surface area contributed by atoms with Crippen LogP contribution in [-0.4, -0.2) is 24.8 Å². The minimum atomic E-state index is -3.47. The molecule has 1 aliphatic rings. The smallest absolute Gasteiger partial charge is 0.207 e. The maximum atomic E-state index is 12.9. The van der Waals surface area contributed by atoms with Gasteiger partial charge in [-0.05, 0) is 32.4 Å². The van der Waals surface area contributed by atoms with Crippen LogP contribution in [0.2, 0.25) is 0 Å². The molecule has 0 N–H and O–H groups in total. The van der Waals surface area contributed by atoms with Gasteiger partial charge in [0.15, 0.2) is 0 Å². The second-order valence-corrected chi connectivity index (χ2v) is 7.32. The minimum Gasteiger partial charge on any atom is -0.207 e. The quantitative estimate of drug-likeness (QED) is 0.778. The van der Waals surface area contributed by atoms with Crippen LogP contribution < -0.4 is 0 Å². The number of aryl methyl sites for hydroxylation is 1. The van der Waals surface area contributed by atoms with Gasteiger partial charge in [0, 0.05) is 6.04 Å². The molecule has 0 radical (unpaired) electrons. The van der Waals surface area contributed by atoms with Gasteiger partial charge in [-0.1, -0.05) is 55.3 Å². The Kier molecular flexibility index (Phi) is 5.01. The molecule has 0 aromatic heterocycles. The molecule has 0 saturated heterocycles. The van der Waals surface area contributed by atoms with Crippen molar-refractivity contribution in [3.8, 4) is 0 Å². The third-order valence-electron chi connectivity index (χ3n) is 3.67. The van der Waals surface area contributed by atoms with Crippen LogP contribution in [0, 0.1) is 6.92 Å². The van der Waals surface area contributed by atoms with Crippen LogP contribution in [0.1, 0.15) is 32.3 Å². The van der Waals surface area contributed by atoms with Gasteiger partial charge >= 0.3 is 0 Å². The van der Waals surface area contributed by atoms with Crippen LogP contribution in [0.15, 0.2) is 53.5 Å². The average molecular weight is 305 g/mol. The van der Waals surface area contributed by atoms with Crippen molar-refractivity contribution in [2.75, 3.05) is 0 Å². The van der Waals surface area contributed by atoms with Gasteiger partial charge in [-0.15, -0.1) is 0 Å². The van der Waals surface area contributed by atoms with Crippen molar-refractivity contribution < 1.29 is 8.42 Å². The van der Waals surface area contributed by atoms with Gasteiger partial charge in [0.2, 0.25) is 10.0 Å². The van der Waals surface area contributed by atoms with E-state index in [1.165, 1.54) is 0 Å². The van der Waals surface area contributed by atoms with Gasteiger partial charge in [-0.2, -0.15) is 4.31 Å². The molecule has 1 aromatic rings. The zero-order chi connectivity index (χ0) is 15.5. The molecular formula is C17H23NO2S. The predicted molar refractivity (Wildman–Crippen MR) is 86.6 cm³/mol. The first-order valence-electron chi connectivity index (χ1n) is 7.42. The number of hydrogen-bond donors (Lipinski definition) is 0. The molecule has 0 aliphatic carbocycles. The molecule has 0 spiro atoms. The molecule has 2 rings (SSSR count). The third-order valence-corrected chi connectivity index (χ3v) is 5.67. The summed E-state index contributed by atoms with van der Waals surface area (Å²) in [5.41, 5.74) is 1.06. The number of sulfonamides is 1. The summed E-state index contributed by atoms with van der Waals surface area (Å²) in [7, 11) is -3.47. The molecule has 0 saturated carbocycles. The zero-order valence-corrected chi connectivity index (χ0v) is 13.7. The topological polar surface area (TPSA) is 37.4 Å². The molecule has 4 heteroatoms. The summed E-state index contributed by atoms with van der Waals surface area (Å²) in [5, 5.41) is 0. The Balaban J connectivity index is 2.30. The lowest BCUT2D eigenvalue weighted by Crippen LogP contribution is -2.39. The lowest BCUT2D eigenvalue weighted by Gasteiger charge is -2.26. The van der Waals surface area contributed by atoms with E-state index in [-0.39, 0.29) is 12.1 Å². The maximum absolute atomic E-state index is 12.9. The van der Waals surface area contributed by atoms with E-state index < -0.39 is 10.0 Å². The Morgan fingerprint density at radius 3 is 2.48 bits per heavy atom. The van der Waals surface area contributed by atoms with E-state index in [1.54, 1.807) is 16.4 Å². The van der Waals surface area contributed by atoms with Gasteiger partial charge in [0.25, 0.3) is 0 Å². The first-order chi connectivity index (χ1) is 9.96. The number of rotatable bonds is 5. The first-order valence-corrected chi connectivity index (χ1v) is 8.86. The fourth-order valence-electron chi connectivity index (χ4n) is 2.48. The van der Waals surface area contributed by atoms with E-state index in [2.05, 4.69) is 13.0 Å². The number of nitrogens with zero attached hydrogens (tertiary/aromatic N) is 1. The highest BCUT2D eigenvalue weighted by Gasteiger charge is 2.35. The van der Waals surface area contributed by atoms with Crippen molar-refractivity contribution >= 4 is 10.0 Å².